The van der Waals surface area contributed by atoms with Gasteiger partial charge in [0.05, 0.1) is 12.4 Å². The predicted octanol–water partition coefficient (Wildman–Crippen LogP) is 1.32. The van der Waals surface area contributed by atoms with Crippen LogP contribution in [0.3, 0.4) is 0 Å². The lowest BCUT2D eigenvalue weighted by Gasteiger charge is -2.07. The first-order chi connectivity index (χ1) is 7.68. The second-order valence-electron chi connectivity index (χ2n) is 3.73. The molecule has 1 aromatic carbocycles. The molecule has 0 aliphatic heterocycles. The number of hydrogen-bond acceptors (Lipinski definition) is 4. The van der Waals surface area contributed by atoms with Gasteiger partial charge in [0, 0.05) is 0 Å². The predicted molar refractivity (Wildman–Crippen MR) is 63.9 cm³/mol. The van der Waals surface area contributed by atoms with Crippen LogP contribution >= 0.6 is 12.2 Å². The average molecular weight is 235 g/mol. The van der Waals surface area contributed by atoms with Crippen molar-refractivity contribution in [2.75, 3.05) is 14.1 Å². The van der Waals surface area contributed by atoms with Crippen molar-refractivity contribution in [3.63, 3.8) is 0 Å². The van der Waals surface area contributed by atoms with Crippen molar-refractivity contribution in [3.8, 4) is 5.69 Å². The Balaban J connectivity index is 2.38. The fourth-order valence-electron chi connectivity index (χ4n) is 1.36. The van der Waals surface area contributed by atoms with Gasteiger partial charge in [-0.05, 0) is 48.9 Å². The van der Waals surface area contributed by atoms with Crippen LogP contribution in [0.4, 0.5) is 0 Å². The van der Waals surface area contributed by atoms with E-state index in [1.54, 1.807) is 9.36 Å². The van der Waals surface area contributed by atoms with Crippen LogP contribution in [-0.2, 0) is 6.67 Å². The fourth-order valence-corrected chi connectivity index (χ4v) is 1.60. The quantitative estimate of drug-likeness (QED) is 0.752. The summed E-state index contributed by atoms with van der Waals surface area (Å²) in [5.74, 6) is 0. The molecule has 0 saturated heterocycles. The molecule has 6 heteroatoms. The van der Waals surface area contributed by atoms with E-state index in [4.69, 9.17) is 12.2 Å². The standard InChI is InChI=1S/C10H13N5S/c1-13(2)8-14-10(16)15(12-11-14)9-6-4-3-5-7-9/h3-7H,8H2,1-2H3. The number of para-hydroxylation sites is 1. The fraction of sp³-hybridized carbons (Fsp3) is 0.300. The van der Waals surface area contributed by atoms with Crippen molar-refractivity contribution in [1.29, 1.82) is 0 Å². The van der Waals surface area contributed by atoms with E-state index in [9.17, 15) is 0 Å². The molecule has 1 heterocycles. The molecule has 2 aromatic rings. The highest BCUT2D eigenvalue weighted by atomic mass is 32.1. The summed E-state index contributed by atoms with van der Waals surface area (Å²) in [6.45, 7) is 0.631. The van der Waals surface area contributed by atoms with Gasteiger partial charge in [0.2, 0.25) is 4.77 Å². The van der Waals surface area contributed by atoms with Crippen LogP contribution in [0, 0.1) is 4.77 Å². The number of nitrogens with zero attached hydrogens (tertiary/aromatic N) is 5. The van der Waals surface area contributed by atoms with Crippen molar-refractivity contribution in [1.82, 2.24) is 24.7 Å². The molecule has 84 valence electrons. The van der Waals surface area contributed by atoms with E-state index in [2.05, 4.69) is 10.4 Å². The van der Waals surface area contributed by atoms with Crippen LogP contribution in [0.2, 0.25) is 0 Å². The molecule has 0 saturated carbocycles. The first-order valence-electron chi connectivity index (χ1n) is 4.91. The van der Waals surface area contributed by atoms with Crippen molar-refractivity contribution in [2.24, 2.45) is 0 Å². The normalized spacial score (nSPS) is 10.9. The zero-order chi connectivity index (χ0) is 11.5. The Morgan fingerprint density at radius 1 is 1.19 bits per heavy atom. The number of hydrogen-bond donors (Lipinski definition) is 0. The Kier molecular flexibility index (Phi) is 3.12. The molecule has 0 fully saturated rings. The van der Waals surface area contributed by atoms with Crippen LogP contribution in [-0.4, -0.2) is 38.8 Å². The largest absolute Gasteiger partial charge is 0.290 e. The lowest BCUT2D eigenvalue weighted by atomic mass is 10.3. The lowest BCUT2D eigenvalue weighted by Crippen LogP contribution is -2.18. The molecule has 0 aliphatic rings. The molecule has 0 bridgehead atoms. The highest BCUT2D eigenvalue weighted by Gasteiger charge is 2.05. The lowest BCUT2D eigenvalue weighted by molar-refractivity contribution is 0.301. The molecule has 0 spiro atoms. The monoisotopic (exact) mass is 235 g/mol. The minimum atomic E-state index is 0.597. The molecule has 16 heavy (non-hydrogen) atoms. The molecular weight excluding hydrogens is 222 g/mol. The van der Waals surface area contributed by atoms with Gasteiger partial charge >= 0.3 is 0 Å². The van der Waals surface area contributed by atoms with E-state index in [1.807, 2.05) is 49.3 Å². The Morgan fingerprint density at radius 2 is 1.88 bits per heavy atom. The van der Waals surface area contributed by atoms with Gasteiger partial charge in [0.15, 0.2) is 0 Å². The van der Waals surface area contributed by atoms with Gasteiger partial charge in [0.1, 0.15) is 0 Å². The van der Waals surface area contributed by atoms with Crippen LogP contribution in [0.15, 0.2) is 30.3 Å². The zero-order valence-corrected chi connectivity index (χ0v) is 10.1. The Hall–Kier alpha value is -1.53. The maximum Gasteiger partial charge on any atom is 0.221 e. The Morgan fingerprint density at radius 3 is 2.50 bits per heavy atom. The number of benzene rings is 1. The van der Waals surface area contributed by atoms with Gasteiger partial charge < -0.3 is 0 Å². The molecule has 0 unspecified atom stereocenters. The van der Waals surface area contributed by atoms with E-state index in [-0.39, 0.29) is 0 Å². The summed E-state index contributed by atoms with van der Waals surface area (Å²) in [4.78, 5) is 1.99. The number of aromatic nitrogens is 4. The van der Waals surface area contributed by atoms with Gasteiger partial charge in [-0.15, -0.1) is 0 Å². The zero-order valence-electron chi connectivity index (χ0n) is 9.24. The van der Waals surface area contributed by atoms with Gasteiger partial charge in [-0.1, -0.05) is 18.2 Å². The topological polar surface area (TPSA) is 38.9 Å². The van der Waals surface area contributed by atoms with Crippen molar-refractivity contribution in [2.45, 2.75) is 6.67 Å². The summed E-state index contributed by atoms with van der Waals surface area (Å²) >= 11 is 5.30. The maximum absolute atomic E-state index is 5.30. The molecule has 2 rings (SSSR count). The van der Waals surface area contributed by atoms with Crippen molar-refractivity contribution >= 4 is 12.2 Å². The molecule has 5 nitrogen and oxygen atoms in total. The van der Waals surface area contributed by atoms with E-state index in [1.165, 1.54) is 0 Å². The summed E-state index contributed by atoms with van der Waals surface area (Å²) in [5, 5.41) is 8.05. The van der Waals surface area contributed by atoms with Gasteiger partial charge in [0.25, 0.3) is 0 Å². The molecule has 0 radical (unpaired) electrons. The van der Waals surface area contributed by atoms with Crippen molar-refractivity contribution in [3.05, 3.63) is 35.1 Å². The highest BCUT2D eigenvalue weighted by Crippen LogP contribution is 2.05. The van der Waals surface area contributed by atoms with Gasteiger partial charge in [-0.25, -0.2) is 4.68 Å². The van der Waals surface area contributed by atoms with Crippen molar-refractivity contribution < 1.29 is 0 Å². The Bertz CT molecular complexity index is 514. The molecule has 1 aromatic heterocycles. The molecular formula is C10H13N5S. The van der Waals surface area contributed by atoms with Gasteiger partial charge in [-0.2, -0.15) is 4.68 Å². The van der Waals surface area contributed by atoms with E-state index >= 15 is 0 Å². The van der Waals surface area contributed by atoms with E-state index in [0.29, 0.717) is 11.4 Å². The SMILES string of the molecule is CN(C)Cn1nnn(-c2ccccc2)c1=S. The second kappa shape index (κ2) is 4.54. The van der Waals surface area contributed by atoms with Crippen LogP contribution in [0.5, 0.6) is 0 Å². The third-order valence-corrected chi connectivity index (χ3v) is 2.44. The summed E-state index contributed by atoms with van der Waals surface area (Å²) in [7, 11) is 3.92. The Labute approximate surface area is 98.9 Å². The first kappa shape index (κ1) is 11.0. The number of rotatable bonds is 3. The molecule has 0 atom stereocenters. The molecule has 0 aliphatic carbocycles. The van der Waals surface area contributed by atoms with E-state index < -0.39 is 0 Å². The summed E-state index contributed by atoms with van der Waals surface area (Å²) in [6.07, 6.45) is 0. The van der Waals surface area contributed by atoms with Crippen LogP contribution in [0.1, 0.15) is 0 Å². The third-order valence-electron chi connectivity index (χ3n) is 2.06. The highest BCUT2D eigenvalue weighted by molar-refractivity contribution is 7.71. The number of tetrazole rings is 1. The molecule has 0 N–H and O–H groups in total. The minimum Gasteiger partial charge on any atom is -0.290 e. The summed E-state index contributed by atoms with van der Waals surface area (Å²) in [5.41, 5.74) is 0.928. The summed E-state index contributed by atoms with van der Waals surface area (Å²) < 4.78 is 3.93. The molecule has 0 amide bonds. The summed E-state index contributed by atoms with van der Waals surface area (Å²) in [6, 6.07) is 9.75. The van der Waals surface area contributed by atoms with Crippen LogP contribution in [0.25, 0.3) is 5.69 Å². The average Bonchev–Trinajstić information content (AvgIpc) is 2.61. The maximum atomic E-state index is 5.30. The van der Waals surface area contributed by atoms with E-state index in [0.717, 1.165) is 5.69 Å². The third kappa shape index (κ3) is 2.17. The second-order valence-corrected chi connectivity index (χ2v) is 4.09. The van der Waals surface area contributed by atoms with Crippen LogP contribution < -0.4 is 0 Å². The minimum absolute atomic E-state index is 0.597. The first-order valence-corrected chi connectivity index (χ1v) is 5.32. The van der Waals surface area contributed by atoms with Gasteiger partial charge in [-0.3, -0.25) is 4.90 Å². The smallest absolute Gasteiger partial charge is 0.221 e.